The molecule has 1 nitrogen and oxygen atoms in total. The number of hydrogen-bond donors (Lipinski definition) is 1. The molecule has 1 atom stereocenters. The maximum Gasteiger partial charge on any atom is 0.389 e. The zero-order valence-electron chi connectivity index (χ0n) is 8.19. The number of hydrogen-bond acceptors (Lipinski definition) is 1. The van der Waals surface area contributed by atoms with Gasteiger partial charge in [-0.3, -0.25) is 0 Å². The fourth-order valence-electron chi connectivity index (χ4n) is 1.77. The Balaban J connectivity index is 1.99. The Morgan fingerprint density at radius 2 is 1.93 bits per heavy atom. The first-order valence-corrected chi connectivity index (χ1v) is 5.22. The van der Waals surface area contributed by atoms with E-state index < -0.39 is 18.7 Å². The Morgan fingerprint density at radius 1 is 1.29 bits per heavy atom. The van der Waals surface area contributed by atoms with Crippen LogP contribution in [0.15, 0.2) is 0 Å². The van der Waals surface area contributed by atoms with Crippen LogP contribution >= 0.6 is 0 Å². The quantitative estimate of drug-likeness (QED) is 0.738. The minimum atomic E-state index is -4.07. The molecule has 0 bridgehead atoms. The lowest BCUT2D eigenvalue weighted by molar-refractivity contribution is -0.136. The summed E-state index contributed by atoms with van der Waals surface area (Å²) in [6, 6.07) is 0. The smallest absolute Gasteiger partial charge is 0.389 e. The van der Waals surface area contributed by atoms with Crippen LogP contribution in [-0.4, -0.2) is 17.4 Å². The molecular weight excluding hydrogens is 193 g/mol. The average molecular weight is 210 g/mol. The molecule has 0 aromatic rings. The predicted octanol–water partition coefficient (Wildman–Crippen LogP) is 3.27. The van der Waals surface area contributed by atoms with Crippen molar-refractivity contribution in [2.75, 3.05) is 0 Å². The van der Waals surface area contributed by atoms with Crippen LogP contribution in [0.5, 0.6) is 0 Å². The first-order chi connectivity index (χ1) is 6.47. The Bertz CT molecular complexity index is 163. The summed E-state index contributed by atoms with van der Waals surface area (Å²) in [5.41, 5.74) is 0. The molecule has 1 rings (SSSR count). The van der Waals surface area contributed by atoms with E-state index in [0.717, 1.165) is 12.8 Å². The van der Waals surface area contributed by atoms with Gasteiger partial charge in [-0.1, -0.05) is 19.3 Å². The van der Waals surface area contributed by atoms with Crippen LogP contribution in [0.25, 0.3) is 0 Å². The SMILES string of the molecule is OC(CCCC(F)(F)F)CC1CCC1. The van der Waals surface area contributed by atoms with Crippen molar-refractivity contribution in [3.8, 4) is 0 Å². The Morgan fingerprint density at radius 3 is 2.36 bits per heavy atom. The van der Waals surface area contributed by atoms with Gasteiger partial charge in [0.2, 0.25) is 0 Å². The van der Waals surface area contributed by atoms with Crippen LogP contribution in [0.4, 0.5) is 13.2 Å². The highest BCUT2D eigenvalue weighted by Crippen LogP contribution is 2.31. The molecule has 0 saturated heterocycles. The molecule has 0 aliphatic heterocycles. The van der Waals surface area contributed by atoms with Crippen molar-refractivity contribution in [3.05, 3.63) is 0 Å². The van der Waals surface area contributed by atoms with Gasteiger partial charge in [-0.15, -0.1) is 0 Å². The standard InChI is InChI=1S/C10H17F3O/c11-10(12,13)6-2-5-9(14)7-8-3-1-4-8/h8-9,14H,1-7H2. The summed E-state index contributed by atoms with van der Waals surface area (Å²) in [6.07, 6.45) is -0.856. The molecular formula is C10H17F3O. The number of rotatable bonds is 5. The molecule has 84 valence electrons. The van der Waals surface area contributed by atoms with E-state index in [-0.39, 0.29) is 12.8 Å². The third kappa shape index (κ3) is 4.84. The molecule has 14 heavy (non-hydrogen) atoms. The molecule has 0 aromatic heterocycles. The van der Waals surface area contributed by atoms with Gasteiger partial charge < -0.3 is 5.11 Å². The average Bonchev–Trinajstić information content (AvgIpc) is 1.94. The molecule has 0 radical (unpaired) electrons. The van der Waals surface area contributed by atoms with E-state index in [9.17, 15) is 18.3 Å². The van der Waals surface area contributed by atoms with Crippen molar-refractivity contribution in [3.63, 3.8) is 0 Å². The monoisotopic (exact) mass is 210 g/mol. The first kappa shape index (κ1) is 11.8. The van der Waals surface area contributed by atoms with Crippen molar-refractivity contribution < 1.29 is 18.3 Å². The highest BCUT2D eigenvalue weighted by atomic mass is 19.4. The van der Waals surface area contributed by atoms with Crippen LogP contribution in [0, 0.1) is 5.92 Å². The van der Waals surface area contributed by atoms with Gasteiger partial charge in [-0.25, -0.2) is 0 Å². The van der Waals surface area contributed by atoms with Crippen molar-refractivity contribution in [1.29, 1.82) is 0 Å². The lowest BCUT2D eigenvalue weighted by atomic mass is 9.81. The highest BCUT2D eigenvalue weighted by molar-refractivity contribution is 4.73. The molecule has 1 aliphatic carbocycles. The normalized spacial score (nSPS) is 20.6. The fourth-order valence-corrected chi connectivity index (χ4v) is 1.77. The van der Waals surface area contributed by atoms with Gasteiger partial charge in [-0.05, 0) is 25.2 Å². The first-order valence-electron chi connectivity index (χ1n) is 5.22. The molecule has 1 unspecified atom stereocenters. The van der Waals surface area contributed by atoms with E-state index in [4.69, 9.17) is 0 Å². The fraction of sp³-hybridized carbons (Fsp3) is 1.00. The predicted molar refractivity (Wildman–Crippen MR) is 47.9 cm³/mol. The van der Waals surface area contributed by atoms with E-state index in [1.807, 2.05) is 0 Å². The van der Waals surface area contributed by atoms with Crippen molar-refractivity contribution >= 4 is 0 Å². The van der Waals surface area contributed by atoms with Crippen molar-refractivity contribution in [2.45, 2.75) is 57.2 Å². The molecule has 1 saturated carbocycles. The maximum atomic E-state index is 11.8. The van der Waals surface area contributed by atoms with Crippen molar-refractivity contribution in [2.24, 2.45) is 5.92 Å². The van der Waals surface area contributed by atoms with Gasteiger partial charge in [0.25, 0.3) is 0 Å². The highest BCUT2D eigenvalue weighted by Gasteiger charge is 2.27. The molecule has 0 heterocycles. The van der Waals surface area contributed by atoms with Gasteiger partial charge in [0.1, 0.15) is 0 Å². The summed E-state index contributed by atoms with van der Waals surface area (Å²) in [6.45, 7) is 0. The van der Waals surface area contributed by atoms with Crippen LogP contribution in [0.2, 0.25) is 0 Å². The topological polar surface area (TPSA) is 20.2 Å². The third-order valence-electron chi connectivity index (χ3n) is 2.83. The van der Waals surface area contributed by atoms with Gasteiger partial charge in [-0.2, -0.15) is 13.2 Å². The van der Waals surface area contributed by atoms with Crippen LogP contribution in [0.1, 0.15) is 44.9 Å². The van der Waals surface area contributed by atoms with Crippen LogP contribution in [0.3, 0.4) is 0 Å². The molecule has 1 fully saturated rings. The Labute approximate surface area is 82.3 Å². The zero-order chi connectivity index (χ0) is 10.6. The third-order valence-corrected chi connectivity index (χ3v) is 2.83. The summed E-state index contributed by atoms with van der Waals surface area (Å²) in [5, 5.41) is 9.41. The summed E-state index contributed by atoms with van der Waals surface area (Å²) in [7, 11) is 0. The number of aliphatic hydroxyl groups is 1. The second kappa shape index (κ2) is 5.01. The van der Waals surface area contributed by atoms with E-state index in [1.54, 1.807) is 0 Å². The molecule has 4 heteroatoms. The van der Waals surface area contributed by atoms with E-state index >= 15 is 0 Å². The minimum absolute atomic E-state index is 0.0530. The van der Waals surface area contributed by atoms with Crippen LogP contribution < -0.4 is 0 Å². The Kier molecular flexibility index (Phi) is 4.23. The summed E-state index contributed by atoms with van der Waals surface area (Å²) < 4.78 is 35.3. The molecule has 0 aromatic carbocycles. The lowest BCUT2D eigenvalue weighted by Gasteiger charge is -2.27. The van der Waals surface area contributed by atoms with E-state index in [2.05, 4.69) is 0 Å². The zero-order valence-corrected chi connectivity index (χ0v) is 8.19. The van der Waals surface area contributed by atoms with E-state index in [1.165, 1.54) is 6.42 Å². The van der Waals surface area contributed by atoms with Gasteiger partial charge in [0.05, 0.1) is 6.10 Å². The van der Waals surface area contributed by atoms with Crippen molar-refractivity contribution in [1.82, 2.24) is 0 Å². The van der Waals surface area contributed by atoms with Gasteiger partial charge in [0, 0.05) is 6.42 Å². The number of alkyl halides is 3. The molecule has 0 amide bonds. The Hall–Kier alpha value is -0.250. The van der Waals surface area contributed by atoms with Gasteiger partial charge in [0.15, 0.2) is 0 Å². The minimum Gasteiger partial charge on any atom is -0.393 e. The van der Waals surface area contributed by atoms with E-state index in [0.29, 0.717) is 12.3 Å². The maximum absolute atomic E-state index is 11.8. The summed E-state index contributed by atoms with van der Waals surface area (Å²) >= 11 is 0. The largest absolute Gasteiger partial charge is 0.393 e. The molecule has 1 aliphatic rings. The lowest BCUT2D eigenvalue weighted by Crippen LogP contribution is -2.19. The second-order valence-corrected chi connectivity index (χ2v) is 4.19. The molecule has 1 N–H and O–H groups in total. The number of aliphatic hydroxyl groups excluding tert-OH is 1. The number of halogens is 3. The summed E-state index contributed by atoms with van der Waals surface area (Å²) in [5.74, 6) is 0.566. The van der Waals surface area contributed by atoms with Gasteiger partial charge >= 0.3 is 6.18 Å². The summed E-state index contributed by atoms with van der Waals surface area (Å²) in [4.78, 5) is 0. The second-order valence-electron chi connectivity index (χ2n) is 4.19. The van der Waals surface area contributed by atoms with Crippen LogP contribution in [-0.2, 0) is 0 Å². The molecule has 0 spiro atoms.